The third-order valence-electron chi connectivity index (χ3n) is 3.35. The van der Waals surface area contributed by atoms with Crippen molar-refractivity contribution in [2.24, 2.45) is 0 Å². The Morgan fingerprint density at radius 2 is 1.83 bits per heavy atom. The first-order chi connectivity index (χ1) is 11.0. The molecule has 3 aromatic rings. The number of aryl methyl sites for hydroxylation is 1. The van der Waals surface area contributed by atoms with Crippen LogP contribution in [0.3, 0.4) is 0 Å². The summed E-state index contributed by atoms with van der Waals surface area (Å²) < 4.78 is 26.7. The number of hydrogen-bond acceptors (Lipinski definition) is 2. The van der Waals surface area contributed by atoms with Gasteiger partial charge in [0.1, 0.15) is 17.3 Å². The van der Waals surface area contributed by atoms with Crippen LogP contribution in [0.15, 0.2) is 48.5 Å². The zero-order valence-electron chi connectivity index (χ0n) is 12.2. The van der Waals surface area contributed by atoms with Gasteiger partial charge in [-0.25, -0.2) is 8.78 Å². The van der Waals surface area contributed by atoms with Gasteiger partial charge < -0.3 is 5.32 Å². The van der Waals surface area contributed by atoms with Crippen LogP contribution in [-0.4, -0.2) is 16.1 Å². The average molecular weight is 313 g/mol. The molecule has 0 aliphatic heterocycles. The van der Waals surface area contributed by atoms with Gasteiger partial charge in [-0.05, 0) is 25.1 Å². The SMILES string of the molecule is Cc1ccc(-c2cc(C(=O)Nc3cc(F)ccc3F)[nH]n2)cc1. The van der Waals surface area contributed by atoms with E-state index in [1.165, 1.54) is 0 Å². The molecule has 2 N–H and O–H groups in total. The molecule has 0 aliphatic rings. The lowest BCUT2D eigenvalue weighted by atomic mass is 10.1. The number of aromatic amines is 1. The van der Waals surface area contributed by atoms with Gasteiger partial charge in [-0.2, -0.15) is 5.10 Å². The number of nitrogens with zero attached hydrogens (tertiary/aromatic N) is 1. The van der Waals surface area contributed by atoms with Crippen molar-refractivity contribution in [3.63, 3.8) is 0 Å². The average Bonchev–Trinajstić information content (AvgIpc) is 3.02. The third-order valence-corrected chi connectivity index (χ3v) is 3.35. The lowest BCUT2D eigenvalue weighted by Crippen LogP contribution is -2.13. The highest BCUT2D eigenvalue weighted by atomic mass is 19.1. The number of anilines is 1. The Morgan fingerprint density at radius 1 is 1.09 bits per heavy atom. The van der Waals surface area contributed by atoms with Gasteiger partial charge in [-0.3, -0.25) is 9.89 Å². The van der Waals surface area contributed by atoms with E-state index in [1.807, 2.05) is 31.2 Å². The molecule has 23 heavy (non-hydrogen) atoms. The first-order valence-electron chi connectivity index (χ1n) is 6.92. The summed E-state index contributed by atoms with van der Waals surface area (Å²) in [5.41, 5.74) is 2.49. The molecule has 1 heterocycles. The monoisotopic (exact) mass is 313 g/mol. The zero-order valence-corrected chi connectivity index (χ0v) is 12.2. The van der Waals surface area contributed by atoms with Crippen molar-refractivity contribution in [1.29, 1.82) is 0 Å². The van der Waals surface area contributed by atoms with E-state index in [9.17, 15) is 13.6 Å². The van der Waals surface area contributed by atoms with E-state index < -0.39 is 17.5 Å². The van der Waals surface area contributed by atoms with Crippen LogP contribution >= 0.6 is 0 Å². The highest BCUT2D eigenvalue weighted by Gasteiger charge is 2.13. The van der Waals surface area contributed by atoms with Crippen LogP contribution in [0.1, 0.15) is 16.1 Å². The number of H-pyrrole nitrogens is 1. The molecule has 0 aliphatic carbocycles. The third kappa shape index (κ3) is 3.26. The maximum absolute atomic E-state index is 13.5. The fraction of sp³-hybridized carbons (Fsp3) is 0.0588. The standard InChI is InChI=1S/C17H13F2N3O/c1-10-2-4-11(5-3-10)14-9-16(22-21-14)17(23)20-15-8-12(18)6-7-13(15)19/h2-9H,1H3,(H,20,23)(H,21,22). The first kappa shape index (κ1) is 14.9. The fourth-order valence-electron chi connectivity index (χ4n) is 2.09. The van der Waals surface area contributed by atoms with Gasteiger partial charge in [0.2, 0.25) is 0 Å². The van der Waals surface area contributed by atoms with Gasteiger partial charge in [0.25, 0.3) is 5.91 Å². The molecule has 116 valence electrons. The van der Waals surface area contributed by atoms with E-state index in [1.54, 1.807) is 6.07 Å². The maximum Gasteiger partial charge on any atom is 0.273 e. The molecule has 0 unspecified atom stereocenters. The van der Waals surface area contributed by atoms with Gasteiger partial charge in [-0.15, -0.1) is 0 Å². The minimum Gasteiger partial charge on any atom is -0.318 e. The summed E-state index contributed by atoms with van der Waals surface area (Å²) in [7, 11) is 0. The summed E-state index contributed by atoms with van der Waals surface area (Å²) in [6.45, 7) is 1.97. The molecular formula is C17H13F2N3O. The summed E-state index contributed by atoms with van der Waals surface area (Å²) in [6.07, 6.45) is 0. The second kappa shape index (κ2) is 6.00. The predicted molar refractivity (Wildman–Crippen MR) is 83.1 cm³/mol. The molecule has 0 saturated carbocycles. The van der Waals surface area contributed by atoms with Crippen molar-refractivity contribution in [1.82, 2.24) is 10.2 Å². The Kier molecular flexibility index (Phi) is 3.89. The molecule has 0 spiro atoms. The Hall–Kier alpha value is -3.02. The number of halogens is 2. The summed E-state index contributed by atoms with van der Waals surface area (Å²) in [6, 6.07) is 12.1. The highest BCUT2D eigenvalue weighted by Crippen LogP contribution is 2.20. The number of hydrogen-bond donors (Lipinski definition) is 2. The molecule has 0 radical (unpaired) electrons. The quantitative estimate of drug-likeness (QED) is 0.770. The number of benzene rings is 2. The summed E-state index contributed by atoms with van der Waals surface area (Å²) in [5, 5.41) is 8.98. The van der Waals surface area contributed by atoms with E-state index in [0.29, 0.717) is 5.69 Å². The number of carbonyl (C=O) groups is 1. The molecule has 6 heteroatoms. The summed E-state index contributed by atoms with van der Waals surface area (Å²) in [5.74, 6) is -1.94. The predicted octanol–water partition coefficient (Wildman–Crippen LogP) is 3.92. The van der Waals surface area contributed by atoms with Crippen molar-refractivity contribution >= 4 is 11.6 Å². The minimum atomic E-state index is -0.710. The van der Waals surface area contributed by atoms with E-state index in [2.05, 4.69) is 15.5 Å². The Bertz CT molecular complexity index is 857. The molecule has 1 aromatic heterocycles. The first-order valence-corrected chi connectivity index (χ1v) is 6.92. The maximum atomic E-state index is 13.5. The van der Waals surface area contributed by atoms with E-state index >= 15 is 0 Å². The number of aromatic nitrogens is 2. The van der Waals surface area contributed by atoms with Crippen molar-refractivity contribution in [2.75, 3.05) is 5.32 Å². The van der Waals surface area contributed by atoms with Crippen LogP contribution in [0.5, 0.6) is 0 Å². The second-order valence-corrected chi connectivity index (χ2v) is 5.11. The molecule has 3 rings (SSSR count). The van der Waals surface area contributed by atoms with Gasteiger partial charge >= 0.3 is 0 Å². The molecule has 4 nitrogen and oxygen atoms in total. The highest BCUT2D eigenvalue weighted by molar-refractivity contribution is 6.03. The van der Waals surface area contributed by atoms with E-state index in [-0.39, 0.29) is 11.4 Å². The number of amides is 1. The summed E-state index contributed by atoms with van der Waals surface area (Å²) in [4.78, 5) is 12.1. The molecule has 1 amide bonds. The van der Waals surface area contributed by atoms with Crippen LogP contribution in [0.4, 0.5) is 14.5 Å². The molecule has 0 atom stereocenters. The fourth-order valence-corrected chi connectivity index (χ4v) is 2.09. The van der Waals surface area contributed by atoms with Crippen LogP contribution < -0.4 is 5.32 Å². The number of rotatable bonds is 3. The normalized spacial score (nSPS) is 10.6. The Labute approximate surface area is 131 Å². The molecule has 0 bridgehead atoms. The molecule has 0 fully saturated rings. The topological polar surface area (TPSA) is 57.8 Å². The summed E-state index contributed by atoms with van der Waals surface area (Å²) >= 11 is 0. The van der Waals surface area contributed by atoms with Crippen molar-refractivity contribution in [2.45, 2.75) is 6.92 Å². The van der Waals surface area contributed by atoms with Gasteiger partial charge in [0, 0.05) is 11.6 Å². The number of carbonyl (C=O) groups excluding carboxylic acids is 1. The van der Waals surface area contributed by atoms with Crippen molar-refractivity contribution in [3.05, 3.63) is 71.4 Å². The van der Waals surface area contributed by atoms with E-state index in [4.69, 9.17) is 0 Å². The lowest BCUT2D eigenvalue weighted by molar-refractivity contribution is 0.102. The van der Waals surface area contributed by atoms with E-state index in [0.717, 1.165) is 29.3 Å². The Balaban J connectivity index is 1.81. The van der Waals surface area contributed by atoms with Gasteiger partial charge in [-0.1, -0.05) is 29.8 Å². The largest absolute Gasteiger partial charge is 0.318 e. The van der Waals surface area contributed by atoms with Gasteiger partial charge in [0.15, 0.2) is 0 Å². The zero-order chi connectivity index (χ0) is 16.4. The molecule has 2 aromatic carbocycles. The van der Waals surface area contributed by atoms with Crippen LogP contribution in [0.2, 0.25) is 0 Å². The molecular weight excluding hydrogens is 300 g/mol. The van der Waals surface area contributed by atoms with Crippen LogP contribution in [-0.2, 0) is 0 Å². The lowest BCUT2D eigenvalue weighted by Gasteiger charge is -2.04. The number of nitrogens with one attached hydrogen (secondary N) is 2. The Morgan fingerprint density at radius 3 is 2.57 bits per heavy atom. The molecule has 0 saturated heterocycles. The van der Waals surface area contributed by atoms with Crippen LogP contribution in [0, 0.1) is 18.6 Å². The second-order valence-electron chi connectivity index (χ2n) is 5.11. The smallest absolute Gasteiger partial charge is 0.273 e. The van der Waals surface area contributed by atoms with Gasteiger partial charge in [0.05, 0.1) is 11.4 Å². The van der Waals surface area contributed by atoms with Crippen molar-refractivity contribution in [3.8, 4) is 11.3 Å². The van der Waals surface area contributed by atoms with Crippen LogP contribution in [0.25, 0.3) is 11.3 Å². The van der Waals surface area contributed by atoms with Crippen molar-refractivity contribution < 1.29 is 13.6 Å². The minimum absolute atomic E-state index is 0.157.